The fourth-order valence-electron chi connectivity index (χ4n) is 2.29. The SMILES string of the molecule is COCCNc1ccc(CN2CCN(C)CC2)cc1. The smallest absolute Gasteiger partial charge is 0.0635 e. The van der Waals surface area contributed by atoms with Crippen LogP contribution in [0.15, 0.2) is 24.3 Å². The average molecular weight is 263 g/mol. The van der Waals surface area contributed by atoms with E-state index in [2.05, 4.69) is 46.4 Å². The van der Waals surface area contributed by atoms with Crippen molar-refractivity contribution in [2.24, 2.45) is 0 Å². The normalized spacial score (nSPS) is 17.6. The van der Waals surface area contributed by atoms with E-state index in [9.17, 15) is 0 Å². The molecule has 1 heterocycles. The first kappa shape index (κ1) is 14.3. The van der Waals surface area contributed by atoms with E-state index in [1.807, 2.05) is 0 Å². The van der Waals surface area contributed by atoms with Crippen LogP contribution in [0.1, 0.15) is 5.56 Å². The number of ether oxygens (including phenoxy) is 1. The fraction of sp³-hybridized carbons (Fsp3) is 0.600. The van der Waals surface area contributed by atoms with Gasteiger partial charge in [-0.05, 0) is 24.7 Å². The highest BCUT2D eigenvalue weighted by Gasteiger charge is 2.13. The van der Waals surface area contributed by atoms with E-state index in [1.165, 1.54) is 37.4 Å². The topological polar surface area (TPSA) is 27.7 Å². The molecule has 1 N–H and O–H groups in total. The minimum Gasteiger partial charge on any atom is -0.383 e. The van der Waals surface area contributed by atoms with E-state index in [0.717, 1.165) is 19.7 Å². The van der Waals surface area contributed by atoms with Crippen molar-refractivity contribution in [3.63, 3.8) is 0 Å². The summed E-state index contributed by atoms with van der Waals surface area (Å²) < 4.78 is 5.02. The molecule has 1 aliphatic heterocycles. The lowest BCUT2D eigenvalue weighted by Gasteiger charge is -2.32. The van der Waals surface area contributed by atoms with Crippen LogP contribution >= 0.6 is 0 Å². The Kier molecular flexibility index (Phi) is 5.63. The number of hydrogen-bond acceptors (Lipinski definition) is 4. The summed E-state index contributed by atoms with van der Waals surface area (Å²) in [5.74, 6) is 0. The molecule has 0 saturated carbocycles. The van der Waals surface area contributed by atoms with Gasteiger partial charge in [-0.2, -0.15) is 0 Å². The molecule has 1 saturated heterocycles. The van der Waals surface area contributed by atoms with Crippen molar-refractivity contribution in [2.75, 3.05) is 58.8 Å². The fourth-order valence-corrected chi connectivity index (χ4v) is 2.29. The predicted molar refractivity (Wildman–Crippen MR) is 79.6 cm³/mol. The van der Waals surface area contributed by atoms with E-state index in [-0.39, 0.29) is 0 Å². The van der Waals surface area contributed by atoms with Gasteiger partial charge in [0.15, 0.2) is 0 Å². The van der Waals surface area contributed by atoms with Gasteiger partial charge in [0.1, 0.15) is 0 Å². The first-order valence-electron chi connectivity index (χ1n) is 7.00. The third kappa shape index (κ3) is 4.82. The average Bonchev–Trinajstić information content (AvgIpc) is 2.44. The highest BCUT2D eigenvalue weighted by atomic mass is 16.5. The Hall–Kier alpha value is -1.10. The third-order valence-corrected chi connectivity index (χ3v) is 3.59. The summed E-state index contributed by atoms with van der Waals surface area (Å²) in [4.78, 5) is 4.91. The second kappa shape index (κ2) is 7.48. The van der Waals surface area contributed by atoms with Crippen molar-refractivity contribution < 1.29 is 4.74 Å². The predicted octanol–water partition coefficient (Wildman–Crippen LogP) is 1.49. The molecule has 4 nitrogen and oxygen atoms in total. The number of rotatable bonds is 6. The quantitative estimate of drug-likeness (QED) is 0.787. The summed E-state index contributed by atoms with van der Waals surface area (Å²) in [6.07, 6.45) is 0. The van der Waals surface area contributed by atoms with Gasteiger partial charge in [0.2, 0.25) is 0 Å². The minimum atomic E-state index is 0.739. The Bertz CT molecular complexity index is 358. The number of hydrogen-bond donors (Lipinski definition) is 1. The molecular formula is C15H25N3O. The number of benzene rings is 1. The number of nitrogens with one attached hydrogen (secondary N) is 1. The number of likely N-dealkylation sites (N-methyl/N-ethyl adjacent to an activating group) is 1. The second-order valence-corrected chi connectivity index (χ2v) is 5.20. The molecule has 0 amide bonds. The lowest BCUT2D eigenvalue weighted by molar-refractivity contribution is 0.148. The first-order chi connectivity index (χ1) is 9.28. The van der Waals surface area contributed by atoms with Crippen LogP contribution in [0.5, 0.6) is 0 Å². The van der Waals surface area contributed by atoms with Gasteiger partial charge < -0.3 is 15.0 Å². The van der Waals surface area contributed by atoms with Crippen LogP contribution in [-0.2, 0) is 11.3 Å². The molecule has 1 aliphatic rings. The van der Waals surface area contributed by atoms with Crippen LogP contribution in [0.3, 0.4) is 0 Å². The zero-order valence-electron chi connectivity index (χ0n) is 12.1. The highest BCUT2D eigenvalue weighted by molar-refractivity contribution is 5.44. The van der Waals surface area contributed by atoms with Gasteiger partial charge in [0, 0.05) is 52.1 Å². The highest BCUT2D eigenvalue weighted by Crippen LogP contribution is 2.12. The lowest BCUT2D eigenvalue weighted by atomic mass is 10.2. The van der Waals surface area contributed by atoms with Gasteiger partial charge >= 0.3 is 0 Å². The minimum absolute atomic E-state index is 0.739. The maximum absolute atomic E-state index is 5.02. The van der Waals surface area contributed by atoms with Crippen LogP contribution < -0.4 is 5.32 Å². The molecule has 19 heavy (non-hydrogen) atoms. The van der Waals surface area contributed by atoms with Gasteiger partial charge in [-0.1, -0.05) is 12.1 Å². The van der Waals surface area contributed by atoms with Crippen molar-refractivity contribution >= 4 is 5.69 Å². The second-order valence-electron chi connectivity index (χ2n) is 5.20. The van der Waals surface area contributed by atoms with Gasteiger partial charge in [0.05, 0.1) is 6.61 Å². The Labute approximate surface area is 116 Å². The van der Waals surface area contributed by atoms with E-state index in [0.29, 0.717) is 0 Å². The largest absolute Gasteiger partial charge is 0.383 e. The molecule has 2 rings (SSSR count). The zero-order valence-corrected chi connectivity index (χ0v) is 12.1. The molecule has 0 radical (unpaired) electrons. The van der Waals surface area contributed by atoms with Crippen LogP contribution in [0.25, 0.3) is 0 Å². The van der Waals surface area contributed by atoms with Crippen LogP contribution in [-0.4, -0.2) is 63.3 Å². The van der Waals surface area contributed by atoms with E-state index in [4.69, 9.17) is 4.74 Å². The molecule has 0 aliphatic carbocycles. The molecule has 4 heteroatoms. The number of piperazine rings is 1. The number of nitrogens with zero attached hydrogens (tertiary/aromatic N) is 2. The van der Waals surface area contributed by atoms with Crippen molar-refractivity contribution in [2.45, 2.75) is 6.54 Å². The van der Waals surface area contributed by atoms with Gasteiger partial charge in [-0.15, -0.1) is 0 Å². The van der Waals surface area contributed by atoms with Crippen molar-refractivity contribution in [3.8, 4) is 0 Å². The van der Waals surface area contributed by atoms with Crippen LogP contribution in [0.2, 0.25) is 0 Å². The summed E-state index contributed by atoms with van der Waals surface area (Å²) in [6, 6.07) is 8.74. The van der Waals surface area contributed by atoms with E-state index >= 15 is 0 Å². The van der Waals surface area contributed by atoms with E-state index in [1.54, 1.807) is 7.11 Å². The van der Waals surface area contributed by atoms with Crippen molar-refractivity contribution in [1.82, 2.24) is 9.80 Å². The number of methoxy groups -OCH3 is 1. The molecule has 0 bridgehead atoms. The summed E-state index contributed by atoms with van der Waals surface area (Å²) in [7, 11) is 3.92. The Morgan fingerprint density at radius 1 is 1.11 bits per heavy atom. The van der Waals surface area contributed by atoms with Crippen molar-refractivity contribution in [1.29, 1.82) is 0 Å². The molecule has 0 aromatic heterocycles. The number of anilines is 1. The maximum Gasteiger partial charge on any atom is 0.0635 e. The zero-order chi connectivity index (χ0) is 13.5. The van der Waals surface area contributed by atoms with E-state index < -0.39 is 0 Å². The maximum atomic E-state index is 5.02. The molecule has 0 atom stereocenters. The summed E-state index contributed by atoms with van der Waals surface area (Å²) >= 11 is 0. The van der Waals surface area contributed by atoms with Gasteiger partial charge in [-0.3, -0.25) is 4.90 Å². The Balaban J connectivity index is 1.78. The molecule has 0 unspecified atom stereocenters. The summed E-state index contributed by atoms with van der Waals surface area (Å²) in [6.45, 7) is 7.35. The third-order valence-electron chi connectivity index (χ3n) is 3.59. The monoisotopic (exact) mass is 263 g/mol. The molecule has 106 valence electrons. The molecule has 1 fully saturated rings. The Morgan fingerprint density at radius 3 is 2.42 bits per heavy atom. The van der Waals surface area contributed by atoms with Crippen LogP contribution in [0, 0.1) is 0 Å². The standard InChI is InChI=1S/C15H25N3O/c1-17-8-10-18(11-9-17)13-14-3-5-15(6-4-14)16-7-12-19-2/h3-6,16H,7-13H2,1-2H3. The summed E-state index contributed by atoms with van der Waals surface area (Å²) in [5, 5.41) is 3.34. The molecular weight excluding hydrogens is 238 g/mol. The van der Waals surface area contributed by atoms with Gasteiger partial charge in [0.25, 0.3) is 0 Å². The molecule has 0 spiro atoms. The van der Waals surface area contributed by atoms with Crippen molar-refractivity contribution in [3.05, 3.63) is 29.8 Å². The van der Waals surface area contributed by atoms with Gasteiger partial charge in [-0.25, -0.2) is 0 Å². The lowest BCUT2D eigenvalue weighted by Crippen LogP contribution is -2.43. The molecule has 1 aromatic rings. The first-order valence-corrected chi connectivity index (χ1v) is 7.00. The Morgan fingerprint density at radius 2 is 1.79 bits per heavy atom. The van der Waals surface area contributed by atoms with Crippen LogP contribution in [0.4, 0.5) is 5.69 Å². The summed E-state index contributed by atoms with van der Waals surface area (Å²) in [5.41, 5.74) is 2.56. The molecule has 1 aromatic carbocycles.